The number of amides is 2. The number of aromatic amines is 1. The highest BCUT2D eigenvalue weighted by Gasteiger charge is 2.05. The van der Waals surface area contributed by atoms with Crippen LogP contribution in [0.3, 0.4) is 0 Å². The van der Waals surface area contributed by atoms with Crippen molar-refractivity contribution >= 4 is 22.9 Å². The van der Waals surface area contributed by atoms with Gasteiger partial charge in [0.15, 0.2) is 0 Å². The third-order valence-corrected chi connectivity index (χ3v) is 3.46. The molecule has 118 valence electrons. The number of urea groups is 1. The van der Waals surface area contributed by atoms with Gasteiger partial charge in [0, 0.05) is 36.6 Å². The lowest BCUT2D eigenvalue weighted by Crippen LogP contribution is -2.37. The van der Waals surface area contributed by atoms with Crippen LogP contribution in [0.4, 0.5) is 4.79 Å². The zero-order chi connectivity index (χ0) is 15.9. The predicted octanol–water partition coefficient (Wildman–Crippen LogP) is 2.18. The summed E-state index contributed by atoms with van der Waals surface area (Å²) in [5, 5.41) is 15.1. The van der Waals surface area contributed by atoms with Crippen molar-refractivity contribution in [2.45, 2.75) is 26.2 Å². The maximum Gasteiger partial charge on any atom is 0.314 e. The number of nitrogens with one attached hydrogen (secondary N) is 3. The Morgan fingerprint density at radius 2 is 2.00 bits per heavy atom. The molecule has 2 aromatic rings. The lowest BCUT2D eigenvalue weighted by molar-refractivity contribution is -0.137. The molecule has 0 saturated heterocycles. The van der Waals surface area contributed by atoms with Crippen molar-refractivity contribution in [1.82, 2.24) is 15.6 Å². The molecule has 0 radical (unpaired) electrons. The Hall–Kier alpha value is -2.50. The minimum absolute atomic E-state index is 0.0645. The van der Waals surface area contributed by atoms with Gasteiger partial charge >= 0.3 is 12.0 Å². The van der Waals surface area contributed by atoms with Crippen LogP contribution in [0.2, 0.25) is 0 Å². The quantitative estimate of drug-likeness (QED) is 0.591. The normalized spacial score (nSPS) is 10.6. The van der Waals surface area contributed by atoms with Gasteiger partial charge in [-0.25, -0.2) is 4.79 Å². The summed E-state index contributed by atoms with van der Waals surface area (Å²) in [7, 11) is 0. The van der Waals surface area contributed by atoms with Crippen molar-refractivity contribution in [3.8, 4) is 0 Å². The number of carboxylic acids is 1. The summed E-state index contributed by atoms with van der Waals surface area (Å²) in [6, 6.07) is 5.99. The fourth-order valence-electron chi connectivity index (χ4n) is 2.32. The Kier molecular flexibility index (Phi) is 5.41. The summed E-state index contributed by atoms with van der Waals surface area (Å²) in [6.07, 6.45) is 3.21. The van der Waals surface area contributed by atoms with Gasteiger partial charge in [-0.05, 0) is 37.0 Å². The molecule has 0 aliphatic rings. The second kappa shape index (κ2) is 7.49. The molecule has 0 bridgehead atoms. The van der Waals surface area contributed by atoms with E-state index in [0.29, 0.717) is 19.5 Å². The highest BCUT2D eigenvalue weighted by Crippen LogP contribution is 2.19. The maximum atomic E-state index is 11.5. The number of benzene rings is 1. The lowest BCUT2D eigenvalue weighted by atomic mass is 10.1. The van der Waals surface area contributed by atoms with Crippen molar-refractivity contribution < 1.29 is 14.7 Å². The van der Waals surface area contributed by atoms with Crippen LogP contribution in [-0.2, 0) is 11.2 Å². The molecule has 0 saturated carbocycles. The second-order valence-corrected chi connectivity index (χ2v) is 5.29. The van der Waals surface area contributed by atoms with Gasteiger partial charge in [-0.15, -0.1) is 0 Å². The van der Waals surface area contributed by atoms with E-state index >= 15 is 0 Å². The van der Waals surface area contributed by atoms with Crippen molar-refractivity contribution in [3.05, 3.63) is 35.5 Å². The van der Waals surface area contributed by atoms with Gasteiger partial charge in [0.2, 0.25) is 0 Å². The van der Waals surface area contributed by atoms with E-state index in [4.69, 9.17) is 5.11 Å². The Balaban J connectivity index is 1.73. The van der Waals surface area contributed by atoms with E-state index in [1.807, 2.05) is 6.20 Å². The van der Waals surface area contributed by atoms with Crippen LogP contribution < -0.4 is 10.6 Å². The third kappa shape index (κ3) is 4.51. The molecular weight excluding hydrogens is 282 g/mol. The first-order valence-corrected chi connectivity index (χ1v) is 7.36. The van der Waals surface area contributed by atoms with E-state index in [-0.39, 0.29) is 12.5 Å². The van der Waals surface area contributed by atoms with E-state index in [0.717, 1.165) is 11.9 Å². The monoisotopic (exact) mass is 303 g/mol. The first-order valence-electron chi connectivity index (χ1n) is 7.36. The first kappa shape index (κ1) is 15.9. The van der Waals surface area contributed by atoms with Gasteiger partial charge in [-0.2, -0.15) is 0 Å². The summed E-state index contributed by atoms with van der Waals surface area (Å²) >= 11 is 0. The zero-order valence-electron chi connectivity index (χ0n) is 12.6. The largest absolute Gasteiger partial charge is 0.481 e. The Labute approximate surface area is 128 Å². The Morgan fingerprint density at radius 3 is 2.77 bits per heavy atom. The average Bonchev–Trinajstić information content (AvgIpc) is 2.86. The number of carbonyl (C=O) groups excluding carboxylic acids is 1. The van der Waals surface area contributed by atoms with Crippen LogP contribution in [-0.4, -0.2) is 35.2 Å². The number of H-pyrrole nitrogens is 1. The van der Waals surface area contributed by atoms with E-state index < -0.39 is 5.97 Å². The number of hydrogen-bond acceptors (Lipinski definition) is 2. The third-order valence-electron chi connectivity index (χ3n) is 3.46. The van der Waals surface area contributed by atoms with Gasteiger partial charge in [0.05, 0.1) is 0 Å². The molecule has 1 heterocycles. The van der Waals surface area contributed by atoms with E-state index in [9.17, 15) is 9.59 Å². The van der Waals surface area contributed by atoms with Gasteiger partial charge in [0.1, 0.15) is 0 Å². The average molecular weight is 303 g/mol. The van der Waals surface area contributed by atoms with Crippen LogP contribution in [0, 0.1) is 6.92 Å². The van der Waals surface area contributed by atoms with Crippen molar-refractivity contribution in [3.63, 3.8) is 0 Å². The lowest BCUT2D eigenvalue weighted by Gasteiger charge is -2.06. The molecule has 0 spiro atoms. The molecule has 2 amide bonds. The predicted molar refractivity (Wildman–Crippen MR) is 85.0 cm³/mol. The number of aliphatic carboxylic acids is 1. The van der Waals surface area contributed by atoms with E-state index in [1.54, 1.807) is 0 Å². The minimum atomic E-state index is -0.850. The number of carboxylic acid groups (broad SMARTS) is 1. The highest BCUT2D eigenvalue weighted by atomic mass is 16.4. The van der Waals surface area contributed by atoms with Gasteiger partial charge in [-0.1, -0.05) is 12.1 Å². The number of aromatic nitrogens is 1. The SMILES string of the molecule is Cc1ccc2c(CCNC(=O)NCCCC(=O)O)c[nH]c2c1. The van der Waals surface area contributed by atoms with Crippen LogP contribution in [0.5, 0.6) is 0 Å². The number of rotatable bonds is 7. The number of carbonyl (C=O) groups is 2. The van der Waals surface area contributed by atoms with Crippen molar-refractivity contribution in [1.29, 1.82) is 0 Å². The molecular formula is C16H21N3O3. The van der Waals surface area contributed by atoms with Gasteiger partial charge in [0.25, 0.3) is 0 Å². The fourth-order valence-corrected chi connectivity index (χ4v) is 2.32. The fraction of sp³-hybridized carbons (Fsp3) is 0.375. The van der Waals surface area contributed by atoms with Crippen LogP contribution in [0.15, 0.2) is 24.4 Å². The number of fused-ring (bicyclic) bond motifs is 1. The highest BCUT2D eigenvalue weighted by molar-refractivity contribution is 5.83. The zero-order valence-corrected chi connectivity index (χ0v) is 12.6. The van der Waals surface area contributed by atoms with Crippen molar-refractivity contribution in [2.24, 2.45) is 0 Å². The smallest absolute Gasteiger partial charge is 0.314 e. The Bertz CT molecular complexity index is 664. The molecule has 0 fully saturated rings. The molecule has 1 aromatic carbocycles. The topological polar surface area (TPSA) is 94.2 Å². The maximum absolute atomic E-state index is 11.5. The van der Waals surface area contributed by atoms with Crippen LogP contribution in [0.1, 0.15) is 24.0 Å². The standard InChI is InChI=1S/C16H21N3O3/c1-11-4-5-13-12(10-19-14(13)9-11)6-8-18-16(22)17-7-2-3-15(20)21/h4-5,9-10,19H,2-3,6-8H2,1H3,(H,20,21)(H2,17,18,22). The molecule has 4 N–H and O–H groups in total. The molecule has 6 heteroatoms. The molecule has 2 rings (SSSR count). The molecule has 0 unspecified atom stereocenters. The van der Waals surface area contributed by atoms with E-state index in [1.165, 1.54) is 16.5 Å². The Morgan fingerprint density at radius 1 is 1.23 bits per heavy atom. The number of aryl methyl sites for hydroxylation is 1. The molecule has 1 aromatic heterocycles. The van der Waals surface area contributed by atoms with Crippen LogP contribution in [0.25, 0.3) is 10.9 Å². The van der Waals surface area contributed by atoms with E-state index in [2.05, 4.69) is 40.7 Å². The summed E-state index contributed by atoms with van der Waals surface area (Å²) < 4.78 is 0. The van der Waals surface area contributed by atoms with Crippen molar-refractivity contribution in [2.75, 3.05) is 13.1 Å². The molecule has 6 nitrogen and oxygen atoms in total. The van der Waals surface area contributed by atoms with Crippen LogP contribution >= 0.6 is 0 Å². The summed E-state index contributed by atoms with van der Waals surface area (Å²) in [5.41, 5.74) is 3.48. The summed E-state index contributed by atoms with van der Waals surface area (Å²) in [5.74, 6) is -0.850. The van der Waals surface area contributed by atoms with Gasteiger partial charge in [-0.3, -0.25) is 4.79 Å². The first-order chi connectivity index (χ1) is 10.6. The minimum Gasteiger partial charge on any atom is -0.481 e. The summed E-state index contributed by atoms with van der Waals surface area (Å²) in [4.78, 5) is 25.1. The van der Waals surface area contributed by atoms with Gasteiger partial charge < -0.3 is 20.7 Å². The second-order valence-electron chi connectivity index (χ2n) is 5.29. The molecule has 0 aliphatic carbocycles. The molecule has 22 heavy (non-hydrogen) atoms. The molecule has 0 aliphatic heterocycles. The number of hydrogen-bond donors (Lipinski definition) is 4. The summed E-state index contributed by atoms with van der Waals surface area (Å²) in [6.45, 7) is 2.95. The molecule has 0 atom stereocenters.